The van der Waals surface area contributed by atoms with Gasteiger partial charge in [-0.25, -0.2) is 13.4 Å². The van der Waals surface area contributed by atoms with E-state index in [4.69, 9.17) is 9.47 Å². The summed E-state index contributed by atoms with van der Waals surface area (Å²) in [5.74, 6) is 0.980. The van der Waals surface area contributed by atoms with E-state index in [2.05, 4.69) is 10.3 Å². The molecule has 0 aromatic carbocycles. The van der Waals surface area contributed by atoms with Gasteiger partial charge in [0, 0.05) is 59.3 Å². The maximum Gasteiger partial charge on any atom is 0.243 e. The van der Waals surface area contributed by atoms with E-state index in [1.54, 1.807) is 14.1 Å². The maximum absolute atomic E-state index is 12.6. The van der Waals surface area contributed by atoms with Gasteiger partial charge < -0.3 is 24.6 Å². The average molecular weight is 576 g/mol. The van der Waals surface area contributed by atoms with Crippen molar-refractivity contribution < 1.29 is 22.7 Å². The number of nitrogens with one attached hydrogen (secondary N) is 1. The van der Waals surface area contributed by atoms with Gasteiger partial charge in [-0.1, -0.05) is 0 Å². The third kappa shape index (κ3) is 9.76. The number of hydrogen-bond acceptors (Lipinski definition) is 6. The normalized spacial score (nSPS) is 20.6. The van der Waals surface area contributed by atoms with Crippen LogP contribution in [0.3, 0.4) is 0 Å². The predicted octanol–water partition coefficient (Wildman–Crippen LogP) is 0.0471. The first-order valence-electron chi connectivity index (χ1n) is 10.6. The molecule has 2 rings (SSSR count). The van der Waals surface area contributed by atoms with Crippen LogP contribution in [-0.2, 0) is 24.3 Å². The topological polar surface area (TPSA) is 104 Å². The van der Waals surface area contributed by atoms with Crippen LogP contribution in [0.15, 0.2) is 4.99 Å². The lowest BCUT2D eigenvalue weighted by molar-refractivity contribution is -0.127. The number of guanidine groups is 1. The standard InChI is InChI=1S/C19H37N5O5S.HI/c1-16(2)29-11-12-30(26,27)24-8-6-23(7-9-24)19(21-14-18(25)22(3)4)20-13-17-5-10-28-15-17;/h16-17H,5-15H2,1-4H3,(H,20,21);1H. The summed E-state index contributed by atoms with van der Waals surface area (Å²) in [4.78, 5) is 20.0. The first-order valence-corrected chi connectivity index (χ1v) is 12.2. The lowest BCUT2D eigenvalue weighted by Crippen LogP contribution is -2.54. The molecule has 12 heteroatoms. The Bertz CT molecular complexity index is 675. The third-order valence-electron chi connectivity index (χ3n) is 5.16. The van der Waals surface area contributed by atoms with E-state index >= 15 is 0 Å². The average Bonchev–Trinajstić information content (AvgIpc) is 3.21. The van der Waals surface area contributed by atoms with Crippen LogP contribution in [0.4, 0.5) is 0 Å². The van der Waals surface area contributed by atoms with Crippen molar-refractivity contribution in [1.82, 2.24) is 19.4 Å². The van der Waals surface area contributed by atoms with Crippen molar-refractivity contribution in [2.24, 2.45) is 10.9 Å². The van der Waals surface area contributed by atoms with E-state index in [0.29, 0.717) is 38.1 Å². The van der Waals surface area contributed by atoms with Crippen LogP contribution in [0.25, 0.3) is 0 Å². The van der Waals surface area contributed by atoms with Crippen LogP contribution in [0.1, 0.15) is 20.3 Å². The van der Waals surface area contributed by atoms with Crippen LogP contribution >= 0.6 is 24.0 Å². The second-order valence-electron chi connectivity index (χ2n) is 8.16. The summed E-state index contributed by atoms with van der Waals surface area (Å²) in [5, 5.41) is 3.36. The SMILES string of the molecule is CC(C)OCCS(=O)(=O)N1CCN(C(=NCC(=O)N(C)C)NCC2CCOC2)CC1.I. The molecule has 0 radical (unpaired) electrons. The number of ether oxygens (including phenoxy) is 2. The van der Waals surface area contributed by atoms with Gasteiger partial charge in [0.2, 0.25) is 15.9 Å². The van der Waals surface area contributed by atoms with Crippen molar-refractivity contribution >= 4 is 45.9 Å². The van der Waals surface area contributed by atoms with Gasteiger partial charge >= 0.3 is 0 Å². The van der Waals surface area contributed by atoms with E-state index in [-0.39, 0.29) is 54.9 Å². The number of rotatable bonds is 9. The highest BCUT2D eigenvalue weighted by Crippen LogP contribution is 2.12. The molecule has 2 saturated heterocycles. The number of amides is 1. The second kappa shape index (κ2) is 13.8. The van der Waals surface area contributed by atoms with Gasteiger partial charge in [-0.05, 0) is 20.3 Å². The van der Waals surface area contributed by atoms with Crippen molar-refractivity contribution in [3.63, 3.8) is 0 Å². The number of sulfonamides is 1. The van der Waals surface area contributed by atoms with Crippen LogP contribution < -0.4 is 5.32 Å². The lowest BCUT2D eigenvalue weighted by atomic mass is 10.1. The molecule has 2 aliphatic heterocycles. The first kappa shape index (κ1) is 28.3. The zero-order valence-corrected chi connectivity index (χ0v) is 22.2. The Morgan fingerprint density at radius 3 is 2.48 bits per heavy atom. The molecule has 10 nitrogen and oxygen atoms in total. The Morgan fingerprint density at radius 1 is 1.26 bits per heavy atom. The molecule has 2 heterocycles. The summed E-state index contributed by atoms with van der Waals surface area (Å²) in [6.45, 7) is 8.07. The van der Waals surface area contributed by atoms with Gasteiger partial charge in [0.25, 0.3) is 0 Å². The number of nitrogens with zero attached hydrogens (tertiary/aromatic N) is 4. The third-order valence-corrected chi connectivity index (χ3v) is 6.99. The van der Waals surface area contributed by atoms with Gasteiger partial charge in [-0.3, -0.25) is 4.79 Å². The Balaban J connectivity index is 0.00000480. The Morgan fingerprint density at radius 2 is 1.94 bits per heavy atom. The molecular weight excluding hydrogens is 537 g/mol. The maximum atomic E-state index is 12.6. The smallest absolute Gasteiger partial charge is 0.243 e. The zero-order valence-electron chi connectivity index (χ0n) is 19.1. The number of halogens is 1. The summed E-state index contributed by atoms with van der Waals surface area (Å²) in [7, 11) is 0.0573. The molecule has 1 unspecified atom stereocenters. The molecule has 0 aromatic rings. The van der Waals surface area contributed by atoms with E-state index in [9.17, 15) is 13.2 Å². The minimum absolute atomic E-state index is 0. The molecule has 2 fully saturated rings. The zero-order chi connectivity index (χ0) is 22.1. The van der Waals surface area contributed by atoms with E-state index in [1.807, 2.05) is 18.7 Å². The molecular formula is C19H38IN5O5S. The number of hydrogen-bond donors (Lipinski definition) is 1. The van der Waals surface area contributed by atoms with Crippen molar-refractivity contribution in [3.05, 3.63) is 0 Å². The number of piperazine rings is 1. The fourth-order valence-corrected chi connectivity index (χ4v) is 4.51. The quantitative estimate of drug-likeness (QED) is 0.236. The summed E-state index contributed by atoms with van der Waals surface area (Å²) in [6.07, 6.45) is 1.01. The highest BCUT2D eigenvalue weighted by molar-refractivity contribution is 14.0. The first-order chi connectivity index (χ1) is 14.2. The number of carbonyl (C=O) groups excluding carboxylic acids is 1. The second-order valence-corrected chi connectivity index (χ2v) is 10.2. The molecule has 0 bridgehead atoms. The highest BCUT2D eigenvalue weighted by Gasteiger charge is 2.28. The van der Waals surface area contributed by atoms with Crippen LogP contribution in [-0.4, -0.2) is 119 Å². The molecule has 1 amide bonds. The van der Waals surface area contributed by atoms with Crippen LogP contribution in [0.2, 0.25) is 0 Å². The van der Waals surface area contributed by atoms with E-state index in [0.717, 1.165) is 26.2 Å². The fraction of sp³-hybridized carbons (Fsp3) is 0.895. The van der Waals surface area contributed by atoms with Crippen molar-refractivity contribution in [1.29, 1.82) is 0 Å². The molecule has 2 aliphatic rings. The van der Waals surface area contributed by atoms with Crippen molar-refractivity contribution in [2.45, 2.75) is 26.4 Å². The number of carbonyl (C=O) groups is 1. The van der Waals surface area contributed by atoms with Gasteiger partial charge in [-0.15, -0.1) is 24.0 Å². The van der Waals surface area contributed by atoms with E-state index < -0.39 is 10.0 Å². The Hall–Kier alpha value is -0.700. The van der Waals surface area contributed by atoms with E-state index in [1.165, 1.54) is 9.21 Å². The lowest BCUT2D eigenvalue weighted by Gasteiger charge is -2.36. The van der Waals surface area contributed by atoms with Crippen LogP contribution in [0, 0.1) is 5.92 Å². The monoisotopic (exact) mass is 575 g/mol. The van der Waals surface area contributed by atoms with Gasteiger partial charge in [-0.2, -0.15) is 4.31 Å². The van der Waals surface area contributed by atoms with Crippen LogP contribution in [0.5, 0.6) is 0 Å². The molecule has 0 aliphatic carbocycles. The van der Waals surface area contributed by atoms with Gasteiger partial charge in [0.05, 0.1) is 25.1 Å². The van der Waals surface area contributed by atoms with Gasteiger partial charge in [0.15, 0.2) is 5.96 Å². The van der Waals surface area contributed by atoms with Crippen molar-refractivity contribution in [2.75, 3.05) is 78.9 Å². The summed E-state index contributed by atoms with van der Waals surface area (Å²) < 4.78 is 37.4. The largest absolute Gasteiger partial charge is 0.381 e. The predicted molar refractivity (Wildman–Crippen MR) is 131 cm³/mol. The number of likely N-dealkylation sites (N-methyl/N-ethyl adjacent to an activating group) is 1. The molecule has 182 valence electrons. The Kier molecular flexibility index (Phi) is 12.6. The molecule has 0 spiro atoms. The van der Waals surface area contributed by atoms with Crippen molar-refractivity contribution in [3.8, 4) is 0 Å². The molecule has 1 atom stereocenters. The summed E-state index contributed by atoms with van der Waals surface area (Å²) in [5.41, 5.74) is 0. The fourth-order valence-electron chi connectivity index (χ4n) is 3.23. The Labute approximate surface area is 203 Å². The minimum atomic E-state index is -3.35. The number of aliphatic imine (C=N–C) groups is 1. The minimum Gasteiger partial charge on any atom is -0.381 e. The summed E-state index contributed by atoms with van der Waals surface area (Å²) >= 11 is 0. The highest BCUT2D eigenvalue weighted by atomic mass is 127. The molecule has 31 heavy (non-hydrogen) atoms. The molecule has 0 saturated carbocycles. The van der Waals surface area contributed by atoms with Gasteiger partial charge in [0.1, 0.15) is 6.54 Å². The molecule has 1 N–H and O–H groups in total. The molecule has 0 aromatic heterocycles. The summed E-state index contributed by atoms with van der Waals surface area (Å²) in [6, 6.07) is 0.